The van der Waals surface area contributed by atoms with E-state index in [1.165, 1.54) is 16.3 Å². The molecule has 2 rings (SSSR count). The Morgan fingerprint density at radius 1 is 1.52 bits per heavy atom. The van der Waals surface area contributed by atoms with Crippen LogP contribution in [-0.2, 0) is 18.3 Å². The fraction of sp³-hybridized carbons (Fsp3) is 0.385. The first-order chi connectivity index (χ1) is 10.1. The minimum absolute atomic E-state index is 0.230. The Hall–Kier alpha value is -1.28. The first-order valence-electron chi connectivity index (χ1n) is 6.39. The number of ether oxygens (including phenoxy) is 1. The number of nitrogens with one attached hydrogen (secondary N) is 2. The normalized spacial score (nSPS) is 11.0. The van der Waals surface area contributed by atoms with E-state index in [9.17, 15) is 4.79 Å². The van der Waals surface area contributed by atoms with Crippen molar-refractivity contribution in [2.24, 2.45) is 7.05 Å². The second-order valence-corrected chi connectivity index (χ2v) is 5.84. The highest BCUT2D eigenvalue weighted by atomic mass is 35.5. The van der Waals surface area contributed by atoms with E-state index in [4.69, 9.17) is 16.3 Å². The Labute approximate surface area is 131 Å². The highest BCUT2D eigenvalue weighted by Crippen LogP contribution is 2.30. The van der Waals surface area contributed by atoms with Gasteiger partial charge in [-0.25, -0.2) is 9.89 Å². The van der Waals surface area contributed by atoms with Crippen LogP contribution in [0.1, 0.15) is 5.56 Å². The predicted octanol–water partition coefficient (Wildman–Crippen LogP) is 1.65. The molecule has 2 N–H and O–H groups in total. The maximum atomic E-state index is 11.4. The standard InChI is InChI=1S/C13H17ClN4O2S/c1-18-12(19)16-17-13(18)21-11-4-3-10(14)7-9(11)8-15-5-6-20-2/h3-4,7,15H,5-6,8H2,1-2H3,(H,16,19). The van der Waals surface area contributed by atoms with Gasteiger partial charge in [0, 0.05) is 37.2 Å². The summed E-state index contributed by atoms with van der Waals surface area (Å²) in [4.78, 5) is 12.4. The zero-order valence-corrected chi connectivity index (χ0v) is 13.4. The quantitative estimate of drug-likeness (QED) is 0.756. The molecule has 0 spiro atoms. The second kappa shape index (κ2) is 7.65. The van der Waals surface area contributed by atoms with Gasteiger partial charge in [0.25, 0.3) is 0 Å². The van der Waals surface area contributed by atoms with Crippen LogP contribution in [0.4, 0.5) is 0 Å². The van der Waals surface area contributed by atoms with E-state index in [0.29, 0.717) is 23.3 Å². The second-order valence-electron chi connectivity index (χ2n) is 4.39. The summed E-state index contributed by atoms with van der Waals surface area (Å²) in [6.45, 7) is 2.08. The van der Waals surface area contributed by atoms with E-state index >= 15 is 0 Å². The first-order valence-corrected chi connectivity index (χ1v) is 7.58. The maximum absolute atomic E-state index is 11.4. The summed E-state index contributed by atoms with van der Waals surface area (Å²) in [6, 6.07) is 5.67. The number of hydrogen-bond acceptors (Lipinski definition) is 5. The lowest BCUT2D eigenvalue weighted by molar-refractivity contribution is 0.199. The largest absolute Gasteiger partial charge is 0.383 e. The van der Waals surface area contributed by atoms with Gasteiger partial charge >= 0.3 is 5.69 Å². The average Bonchev–Trinajstić information content (AvgIpc) is 2.78. The fourth-order valence-corrected chi connectivity index (χ4v) is 2.81. The Kier molecular flexibility index (Phi) is 5.86. The number of nitrogens with zero attached hydrogens (tertiary/aromatic N) is 2. The molecule has 0 bridgehead atoms. The van der Waals surface area contributed by atoms with Crippen molar-refractivity contribution >= 4 is 23.4 Å². The van der Waals surface area contributed by atoms with E-state index < -0.39 is 0 Å². The highest BCUT2D eigenvalue weighted by Gasteiger charge is 2.10. The Balaban J connectivity index is 2.14. The highest BCUT2D eigenvalue weighted by molar-refractivity contribution is 7.99. The third kappa shape index (κ3) is 4.34. The number of H-pyrrole nitrogens is 1. The van der Waals surface area contributed by atoms with E-state index in [-0.39, 0.29) is 5.69 Å². The van der Waals surface area contributed by atoms with Gasteiger partial charge in [0.15, 0.2) is 5.16 Å². The SMILES string of the molecule is COCCNCc1cc(Cl)ccc1Sc1n[nH]c(=O)n1C. The molecular weight excluding hydrogens is 312 g/mol. The Morgan fingerprint density at radius 3 is 3.00 bits per heavy atom. The molecule has 8 heteroatoms. The smallest absolute Gasteiger partial charge is 0.343 e. The van der Waals surface area contributed by atoms with Gasteiger partial charge in [-0.2, -0.15) is 0 Å². The van der Waals surface area contributed by atoms with Crippen LogP contribution in [0.25, 0.3) is 0 Å². The number of hydrogen-bond donors (Lipinski definition) is 2. The zero-order valence-electron chi connectivity index (χ0n) is 11.9. The summed E-state index contributed by atoms with van der Waals surface area (Å²) in [5, 5.41) is 11.0. The summed E-state index contributed by atoms with van der Waals surface area (Å²) in [5.74, 6) is 0. The lowest BCUT2D eigenvalue weighted by Gasteiger charge is -2.10. The fourth-order valence-electron chi connectivity index (χ4n) is 1.71. The molecule has 1 aromatic heterocycles. The molecule has 0 saturated carbocycles. The van der Waals surface area contributed by atoms with Gasteiger partial charge < -0.3 is 10.1 Å². The lowest BCUT2D eigenvalue weighted by atomic mass is 10.2. The third-order valence-corrected chi connectivity index (χ3v) is 4.26. The van der Waals surface area contributed by atoms with Crippen molar-refractivity contribution in [2.75, 3.05) is 20.3 Å². The molecule has 1 aromatic carbocycles. The van der Waals surface area contributed by atoms with E-state index in [2.05, 4.69) is 15.5 Å². The minimum atomic E-state index is -0.230. The summed E-state index contributed by atoms with van der Waals surface area (Å²) < 4.78 is 6.48. The molecule has 0 aliphatic carbocycles. The van der Waals surface area contributed by atoms with Crippen LogP contribution >= 0.6 is 23.4 Å². The van der Waals surface area contributed by atoms with Gasteiger partial charge in [0.2, 0.25) is 0 Å². The number of methoxy groups -OCH3 is 1. The van der Waals surface area contributed by atoms with E-state index in [0.717, 1.165) is 17.0 Å². The molecule has 0 aliphatic rings. The molecular formula is C13H17ClN4O2S. The molecule has 114 valence electrons. The molecule has 0 amide bonds. The molecule has 6 nitrogen and oxygen atoms in total. The molecule has 0 aliphatic heterocycles. The number of rotatable bonds is 7. The van der Waals surface area contributed by atoms with Crippen molar-refractivity contribution in [3.63, 3.8) is 0 Å². The molecule has 0 saturated heterocycles. The van der Waals surface area contributed by atoms with Crippen molar-refractivity contribution in [2.45, 2.75) is 16.6 Å². The Bertz CT molecular complexity index is 656. The summed E-state index contributed by atoms with van der Waals surface area (Å²) in [6.07, 6.45) is 0. The van der Waals surface area contributed by atoms with Crippen molar-refractivity contribution in [3.05, 3.63) is 39.3 Å². The number of halogens is 1. The summed E-state index contributed by atoms with van der Waals surface area (Å²) in [7, 11) is 3.35. The van der Waals surface area contributed by atoms with Crippen molar-refractivity contribution in [1.82, 2.24) is 20.1 Å². The summed E-state index contributed by atoms with van der Waals surface area (Å²) in [5.41, 5.74) is 0.824. The summed E-state index contributed by atoms with van der Waals surface area (Å²) >= 11 is 7.48. The average molecular weight is 329 g/mol. The molecule has 2 aromatic rings. The number of aromatic nitrogens is 3. The molecule has 0 radical (unpaired) electrons. The van der Waals surface area contributed by atoms with Crippen molar-refractivity contribution in [1.29, 1.82) is 0 Å². The van der Waals surface area contributed by atoms with Crippen LogP contribution in [0.5, 0.6) is 0 Å². The van der Waals surface area contributed by atoms with Gasteiger partial charge in [-0.1, -0.05) is 11.6 Å². The maximum Gasteiger partial charge on any atom is 0.343 e. The van der Waals surface area contributed by atoms with Crippen LogP contribution in [0.2, 0.25) is 5.02 Å². The van der Waals surface area contributed by atoms with E-state index in [1.54, 1.807) is 14.2 Å². The zero-order chi connectivity index (χ0) is 15.2. The van der Waals surface area contributed by atoms with Gasteiger partial charge in [-0.3, -0.25) is 4.57 Å². The van der Waals surface area contributed by atoms with E-state index in [1.807, 2.05) is 18.2 Å². The molecule has 21 heavy (non-hydrogen) atoms. The van der Waals surface area contributed by atoms with Crippen LogP contribution in [0.3, 0.4) is 0 Å². The van der Waals surface area contributed by atoms with Gasteiger partial charge in [0.1, 0.15) is 0 Å². The first kappa shape index (κ1) is 16.1. The topological polar surface area (TPSA) is 71.9 Å². The molecule has 0 fully saturated rings. The number of aromatic amines is 1. The van der Waals surface area contributed by atoms with Crippen LogP contribution in [-0.4, -0.2) is 35.0 Å². The monoisotopic (exact) mass is 328 g/mol. The van der Waals surface area contributed by atoms with Crippen LogP contribution in [0, 0.1) is 0 Å². The van der Waals surface area contributed by atoms with Crippen molar-refractivity contribution in [3.8, 4) is 0 Å². The van der Waals surface area contributed by atoms with Crippen LogP contribution < -0.4 is 11.0 Å². The minimum Gasteiger partial charge on any atom is -0.383 e. The van der Waals surface area contributed by atoms with Crippen molar-refractivity contribution < 1.29 is 4.74 Å². The van der Waals surface area contributed by atoms with Gasteiger partial charge in [0.05, 0.1) is 6.61 Å². The molecule has 0 unspecified atom stereocenters. The third-order valence-electron chi connectivity index (χ3n) is 2.86. The molecule has 0 atom stereocenters. The van der Waals surface area contributed by atoms with Crippen LogP contribution in [0.15, 0.2) is 33.0 Å². The van der Waals surface area contributed by atoms with Gasteiger partial charge in [-0.05, 0) is 35.5 Å². The molecule has 1 heterocycles. The lowest BCUT2D eigenvalue weighted by Crippen LogP contribution is -2.19. The number of benzene rings is 1. The Morgan fingerprint density at radius 2 is 2.33 bits per heavy atom. The predicted molar refractivity (Wildman–Crippen MR) is 83.0 cm³/mol. The van der Waals surface area contributed by atoms with Gasteiger partial charge in [-0.15, -0.1) is 5.10 Å².